The van der Waals surface area contributed by atoms with E-state index in [0.717, 1.165) is 5.69 Å². The molecule has 0 unspecified atom stereocenters. The summed E-state index contributed by atoms with van der Waals surface area (Å²) in [6, 6.07) is 5.32. The fourth-order valence-corrected chi connectivity index (χ4v) is 2.04. The first kappa shape index (κ1) is 13.4. The maximum absolute atomic E-state index is 12.0. The second-order valence-corrected chi connectivity index (χ2v) is 4.64. The number of anilines is 2. The number of carbonyl (C=O) groups is 1. The zero-order chi connectivity index (χ0) is 14.0. The number of aromatic amines is 1. The first-order valence-corrected chi connectivity index (χ1v) is 6.03. The molecule has 0 spiro atoms. The maximum atomic E-state index is 12.0. The van der Waals surface area contributed by atoms with Crippen molar-refractivity contribution in [2.24, 2.45) is 0 Å². The molecule has 6 nitrogen and oxygen atoms in total. The second-order valence-electron chi connectivity index (χ2n) is 4.23. The summed E-state index contributed by atoms with van der Waals surface area (Å²) in [6.07, 6.45) is 0. The molecule has 0 aliphatic carbocycles. The van der Waals surface area contributed by atoms with Crippen LogP contribution in [0.25, 0.3) is 0 Å². The molecule has 0 saturated heterocycles. The normalized spacial score (nSPS) is 10.3. The van der Waals surface area contributed by atoms with Crippen LogP contribution in [0.15, 0.2) is 18.2 Å². The summed E-state index contributed by atoms with van der Waals surface area (Å²) in [5.74, 6) is 0.306. The van der Waals surface area contributed by atoms with Crippen LogP contribution in [0.2, 0.25) is 5.02 Å². The highest BCUT2D eigenvalue weighted by molar-refractivity contribution is 6.34. The van der Waals surface area contributed by atoms with Crippen LogP contribution in [0.1, 0.15) is 16.4 Å². The summed E-state index contributed by atoms with van der Waals surface area (Å²) < 4.78 is 0. The van der Waals surface area contributed by atoms with Crippen molar-refractivity contribution < 1.29 is 4.79 Å². The van der Waals surface area contributed by atoms with Crippen molar-refractivity contribution in [1.82, 2.24) is 15.2 Å². The van der Waals surface area contributed by atoms with E-state index in [0.29, 0.717) is 16.5 Å². The maximum Gasteiger partial charge on any atom is 0.295 e. The van der Waals surface area contributed by atoms with Gasteiger partial charge in [0.2, 0.25) is 5.82 Å². The molecule has 1 amide bonds. The number of H-pyrrole nitrogens is 1. The summed E-state index contributed by atoms with van der Waals surface area (Å²) in [5, 5.41) is 9.76. The highest BCUT2D eigenvalue weighted by atomic mass is 35.5. The van der Waals surface area contributed by atoms with Gasteiger partial charge in [-0.05, 0) is 19.1 Å². The van der Waals surface area contributed by atoms with Crippen molar-refractivity contribution in [2.75, 3.05) is 24.3 Å². The van der Waals surface area contributed by atoms with Crippen LogP contribution in [0.5, 0.6) is 0 Å². The standard InChI is InChI=1S/C12H14ClN5O/c1-7-14-11(17-16-7)12(19)15-9-6-4-5-8(13)10(9)18(2)3/h4-6H,1-3H3,(H,15,19)(H,14,16,17). The molecule has 0 atom stereocenters. The van der Waals surface area contributed by atoms with E-state index >= 15 is 0 Å². The van der Waals surface area contributed by atoms with Gasteiger partial charge in [-0.15, -0.1) is 5.10 Å². The van der Waals surface area contributed by atoms with Gasteiger partial charge in [-0.25, -0.2) is 4.98 Å². The molecule has 0 radical (unpaired) electrons. The molecule has 2 aromatic rings. The van der Waals surface area contributed by atoms with E-state index in [1.807, 2.05) is 19.0 Å². The van der Waals surface area contributed by atoms with Crippen LogP contribution in [0.3, 0.4) is 0 Å². The van der Waals surface area contributed by atoms with E-state index in [1.165, 1.54) is 0 Å². The summed E-state index contributed by atoms with van der Waals surface area (Å²) in [7, 11) is 3.71. The molecule has 0 saturated carbocycles. The molecule has 2 N–H and O–H groups in total. The molecule has 0 fully saturated rings. The van der Waals surface area contributed by atoms with Crippen LogP contribution >= 0.6 is 11.6 Å². The van der Waals surface area contributed by atoms with Gasteiger partial charge in [0.1, 0.15) is 5.82 Å². The predicted octanol–water partition coefficient (Wildman–Crippen LogP) is 2.08. The minimum Gasteiger partial charge on any atom is -0.375 e. The van der Waals surface area contributed by atoms with Crippen molar-refractivity contribution in [2.45, 2.75) is 6.92 Å². The summed E-state index contributed by atoms with van der Waals surface area (Å²) in [6.45, 7) is 1.73. The van der Waals surface area contributed by atoms with Crippen molar-refractivity contribution in [3.63, 3.8) is 0 Å². The summed E-state index contributed by atoms with van der Waals surface area (Å²) in [4.78, 5) is 17.8. The SMILES string of the molecule is Cc1nc(C(=O)Nc2cccc(Cl)c2N(C)C)n[nH]1. The largest absolute Gasteiger partial charge is 0.375 e. The number of aromatic nitrogens is 3. The third kappa shape index (κ3) is 2.85. The first-order chi connectivity index (χ1) is 8.99. The van der Waals surface area contributed by atoms with Gasteiger partial charge in [-0.3, -0.25) is 9.89 Å². The third-order valence-electron chi connectivity index (χ3n) is 2.48. The van der Waals surface area contributed by atoms with Gasteiger partial charge in [-0.1, -0.05) is 17.7 Å². The Bertz CT molecular complexity index is 608. The number of hydrogen-bond donors (Lipinski definition) is 2. The lowest BCUT2D eigenvalue weighted by Crippen LogP contribution is -2.18. The summed E-state index contributed by atoms with van der Waals surface area (Å²) in [5.41, 5.74) is 1.36. The van der Waals surface area contributed by atoms with Gasteiger partial charge in [0.25, 0.3) is 5.91 Å². The van der Waals surface area contributed by atoms with Gasteiger partial charge < -0.3 is 10.2 Å². The number of hydrogen-bond acceptors (Lipinski definition) is 4. The Hall–Kier alpha value is -2.08. The lowest BCUT2D eigenvalue weighted by molar-refractivity contribution is 0.101. The fraction of sp³-hybridized carbons (Fsp3) is 0.250. The van der Waals surface area contributed by atoms with E-state index in [2.05, 4.69) is 20.5 Å². The monoisotopic (exact) mass is 279 g/mol. The first-order valence-electron chi connectivity index (χ1n) is 5.65. The summed E-state index contributed by atoms with van der Waals surface area (Å²) >= 11 is 6.13. The van der Waals surface area contributed by atoms with Crippen LogP contribution in [0, 0.1) is 6.92 Å². The smallest absolute Gasteiger partial charge is 0.295 e. The zero-order valence-corrected chi connectivity index (χ0v) is 11.6. The number of carbonyl (C=O) groups excluding carboxylic acids is 1. The van der Waals surface area contributed by atoms with Crippen LogP contribution in [-0.4, -0.2) is 35.2 Å². The topological polar surface area (TPSA) is 73.9 Å². The van der Waals surface area contributed by atoms with Gasteiger partial charge in [0, 0.05) is 14.1 Å². The highest BCUT2D eigenvalue weighted by Crippen LogP contribution is 2.32. The lowest BCUT2D eigenvalue weighted by Gasteiger charge is -2.18. The average molecular weight is 280 g/mol. The molecule has 7 heteroatoms. The van der Waals surface area contributed by atoms with Crippen LogP contribution in [0.4, 0.5) is 11.4 Å². The Labute approximate surface area is 115 Å². The van der Waals surface area contributed by atoms with Crippen molar-refractivity contribution in [3.8, 4) is 0 Å². The molecule has 1 heterocycles. The third-order valence-corrected chi connectivity index (χ3v) is 2.79. The molecule has 19 heavy (non-hydrogen) atoms. The Morgan fingerprint density at radius 1 is 1.42 bits per heavy atom. The second kappa shape index (κ2) is 5.27. The molecule has 0 aliphatic rings. The average Bonchev–Trinajstić information content (AvgIpc) is 2.75. The van der Waals surface area contributed by atoms with Crippen molar-refractivity contribution >= 4 is 28.9 Å². The molecule has 100 valence electrons. The fourth-order valence-electron chi connectivity index (χ4n) is 1.69. The van der Waals surface area contributed by atoms with Gasteiger partial charge in [-0.2, -0.15) is 0 Å². The highest BCUT2D eigenvalue weighted by Gasteiger charge is 2.15. The van der Waals surface area contributed by atoms with Crippen LogP contribution in [-0.2, 0) is 0 Å². The van der Waals surface area contributed by atoms with E-state index in [9.17, 15) is 4.79 Å². The Kier molecular flexibility index (Phi) is 3.71. The van der Waals surface area contributed by atoms with Gasteiger partial charge in [0.15, 0.2) is 0 Å². The number of amides is 1. The molecule has 0 bridgehead atoms. The Balaban J connectivity index is 2.29. The molecule has 0 aliphatic heterocycles. The molecule has 2 rings (SSSR count). The quantitative estimate of drug-likeness (QED) is 0.902. The Morgan fingerprint density at radius 2 is 2.16 bits per heavy atom. The van der Waals surface area contributed by atoms with E-state index in [1.54, 1.807) is 25.1 Å². The number of halogens is 1. The lowest BCUT2D eigenvalue weighted by atomic mass is 10.2. The van der Waals surface area contributed by atoms with Crippen molar-refractivity contribution in [3.05, 3.63) is 34.9 Å². The molecule has 1 aromatic heterocycles. The van der Waals surface area contributed by atoms with Crippen LogP contribution < -0.4 is 10.2 Å². The van der Waals surface area contributed by atoms with E-state index < -0.39 is 0 Å². The zero-order valence-electron chi connectivity index (χ0n) is 10.9. The minimum atomic E-state index is -0.380. The Morgan fingerprint density at radius 3 is 2.74 bits per heavy atom. The number of nitrogens with zero attached hydrogens (tertiary/aromatic N) is 3. The number of aryl methyl sites for hydroxylation is 1. The van der Waals surface area contributed by atoms with E-state index in [4.69, 9.17) is 11.6 Å². The van der Waals surface area contributed by atoms with Gasteiger partial charge >= 0.3 is 0 Å². The predicted molar refractivity (Wildman–Crippen MR) is 74.9 cm³/mol. The molecular formula is C12H14ClN5O. The molecule has 1 aromatic carbocycles. The number of para-hydroxylation sites is 1. The van der Waals surface area contributed by atoms with Gasteiger partial charge in [0.05, 0.1) is 16.4 Å². The molecular weight excluding hydrogens is 266 g/mol. The minimum absolute atomic E-state index is 0.0992. The number of nitrogens with one attached hydrogen (secondary N) is 2. The van der Waals surface area contributed by atoms with E-state index in [-0.39, 0.29) is 11.7 Å². The van der Waals surface area contributed by atoms with Crippen molar-refractivity contribution in [1.29, 1.82) is 0 Å². The number of benzene rings is 1. The number of rotatable bonds is 3.